The van der Waals surface area contributed by atoms with Crippen molar-refractivity contribution in [2.45, 2.75) is 25.5 Å². The molecule has 1 fully saturated rings. The van der Waals surface area contributed by atoms with Gasteiger partial charge in [-0.25, -0.2) is 0 Å². The van der Waals surface area contributed by atoms with Crippen molar-refractivity contribution in [1.82, 2.24) is 4.90 Å². The summed E-state index contributed by atoms with van der Waals surface area (Å²) in [5.41, 5.74) is 5.69. The van der Waals surface area contributed by atoms with Gasteiger partial charge in [-0.2, -0.15) is 0 Å². The zero-order chi connectivity index (χ0) is 9.90. The van der Waals surface area contributed by atoms with E-state index >= 15 is 0 Å². The second kappa shape index (κ2) is 4.37. The number of hydrogen-bond donors (Lipinski definition) is 2. The van der Waals surface area contributed by atoms with Crippen molar-refractivity contribution in [3.63, 3.8) is 0 Å². The maximum atomic E-state index is 8.96. The average molecular weight is 188 g/mol. The molecular weight excluding hydrogens is 168 g/mol. The van der Waals surface area contributed by atoms with E-state index in [1.54, 1.807) is 0 Å². The SMILES string of the molecule is CC(C)(CN)N1CCOC(CO)C1. The minimum atomic E-state index is -0.0421. The fourth-order valence-corrected chi connectivity index (χ4v) is 1.51. The second-order valence-corrected chi connectivity index (χ2v) is 4.14. The van der Waals surface area contributed by atoms with Crippen molar-refractivity contribution in [2.75, 3.05) is 32.8 Å². The van der Waals surface area contributed by atoms with Gasteiger partial charge in [0.25, 0.3) is 0 Å². The number of ether oxygens (including phenoxy) is 1. The summed E-state index contributed by atoms with van der Waals surface area (Å²) in [5.74, 6) is 0. The molecule has 1 atom stereocenters. The van der Waals surface area contributed by atoms with Crippen molar-refractivity contribution >= 4 is 0 Å². The maximum Gasteiger partial charge on any atom is 0.0933 e. The van der Waals surface area contributed by atoms with Crippen molar-refractivity contribution in [2.24, 2.45) is 5.73 Å². The quantitative estimate of drug-likeness (QED) is 0.622. The lowest BCUT2D eigenvalue weighted by Gasteiger charge is -2.42. The van der Waals surface area contributed by atoms with E-state index in [9.17, 15) is 0 Å². The first-order valence-electron chi connectivity index (χ1n) is 4.77. The number of aliphatic hydroxyl groups excluding tert-OH is 1. The largest absolute Gasteiger partial charge is 0.394 e. The fraction of sp³-hybridized carbons (Fsp3) is 1.00. The maximum absolute atomic E-state index is 8.96. The molecule has 1 heterocycles. The molecule has 4 heteroatoms. The molecule has 0 spiro atoms. The summed E-state index contributed by atoms with van der Waals surface area (Å²) in [6.45, 7) is 7.33. The van der Waals surface area contributed by atoms with Crippen molar-refractivity contribution < 1.29 is 9.84 Å². The Labute approximate surface area is 79.7 Å². The molecule has 1 rings (SSSR count). The summed E-state index contributed by atoms with van der Waals surface area (Å²) < 4.78 is 5.36. The van der Waals surface area contributed by atoms with Gasteiger partial charge in [0.1, 0.15) is 0 Å². The van der Waals surface area contributed by atoms with Crippen LogP contribution in [0.25, 0.3) is 0 Å². The van der Waals surface area contributed by atoms with Crippen LogP contribution < -0.4 is 5.73 Å². The van der Waals surface area contributed by atoms with E-state index in [-0.39, 0.29) is 18.2 Å². The predicted octanol–water partition coefficient (Wildman–Crippen LogP) is -0.583. The van der Waals surface area contributed by atoms with Crippen LogP contribution in [0.5, 0.6) is 0 Å². The van der Waals surface area contributed by atoms with Crippen LogP contribution in [-0.2, 0) is 4.74 Å². The highest BCUT2D eigenvalue weighted by Gasteiger charge is 2.30. The van der Waals surface area contributed by atoms with Crippen molar-refractivity contribution in [1.29, 1.82) is 0 Å². The summed E-state index contributed by atoms with van der Waals surface area (Å²) in [5, 5.41) is 8.96. The zero-order valence-corrected chi connectivity index (χ0v) is 8.49. The summed E-state index contributed by atoms with van der Waals surface area (Å²) in [6.07, 6.45) is -0.0421. The number of nitrogens with two attached hydrogens (primary N) is 1. The Kier molecular flexibility index (Phi) is 3.67. The number of aliphatic hydroxyl groups is 1. The summed E-state index contributed by atoms with van der Waals surface area (Å²) in [6, 6.07) is 0. The third-order valence-corrected chi connectivity index (χ3v) is 2.70. The molecule has 1 saturated heterocycles. The summed E-state index contributed by atoms with van der Waals surface area (Å²) >= 11 is 0. The smallest absolute Gasteiger partial charge is 0.0933 e. The van der Waals surface area contributed by atoms with E-state index in [0.29, 0.717) is 13.2 Å². The first kappa shape index (κ1) is 10.9. The van der Waals surface area contributed by atoms with Gasteiger partial charge in [0.05, 0.1) is 19.3 Å². The van der Waals surface area contributed by atoms with Gasteiger partial charge in [-0.1, -0.05) is 0 Å². The Morgan fingerprint density at radius 1 is 1.62 bits per heavy atom. The molecule has 78 valence electrons. The first-order valence-corrected chi connectivity index (χ1v) is 4.77. The Morgan fingerprint density at radius 2 is 2.31 bits per heavy atom. The summed E-state index contributed by atoms with van der Waals surface area (Å²) in [7, 11) is 0. The first-order chi connectivity index (χ1) is 6.10. The number of rotatable bonds is 3. The van der Waals surface area contributed by atoms with E-state index in [0.717, 1.165) is 13.1 Å². The third-order valence-electron chi connectivity index (χ3n) is 2.70. The van der Waals surface area contributed by atoms with Crippen LogP contribution in [0.3, 0.4) is 0 Å². The van der Waals surface area contributed by atoms with Crippen LogP contribution in [0.4, 0.5) is 0 Å². The molecule has 1 unspecified atom stereocenters. The third kappa shape index (κ3) is 2.64. The molecule has 0 aromatic heterocycles. The number of morpholine rings is 1. The molecule has 0 aliphatic carbocycles. The molecule has 0 amide bonds. The fourth-order valence-electron chi connectivity index (χ4n) is 1.51. The van der Waals surface area contributed by atoms with Gasteiger partial charge in [-0.15, -0.1) is 0 Å². The van der Waals surface area contributed by atoms with Gasteiger partial charge in [0.2, 0.25) is 0 Å². The number of nitrogens with zero attached hydrogens (tertiary/aromatic N) is 1. The van der Waals surface area contributed by atoms with Gasteiger partial charge < -0.3 is 15.6 Å². The van der Waals surface area contributed by atoms with E-state index in [4.69, 9.17) is 15.6 Å². The second-order valence-electron chi connectivity index (χ2n) is 4.14. The lowest BCUT2D eigenvalue weighted by molar-refractivity contribution is -0.0783. The Bertz CT molecular complexity index is 162. The van der Waals surface area contributed by atoms with Gasteiger partial charge in [-0.3, -0.25) is 4.90 Å². The van der Waals surface area contributed by atoms with Gasteiger partial charge in [-0.05, 0) is 13.8 Å². The van der Waals surface area contributed by atoms with Crippen LogP contribution >= 0.6 is 0 Å². The highest BCUT2D eigenvalue weighted by Crippen LogP contribution is 2.16. The highest BCUT2D eigenvalue weighted by molar-refractivity contribution is 4.86. The minimum absolute atomic E-state index is 0.0111. The highest BCUT2D eigenvalue weighted by atomic mass is 16.5. The van der Waals surface area contributed by atoms with Crippen LogP contribution in [0.15, 0.2) is 0 Å². The molecule has 0 aromatic carbocycles. The lowest BCUT2D eigenvalue weighted by atomic mass is 10.0. The predicted molar refractivity (Wildman–Crippen MR) is 51.5 cm³/mol. The van der Waals surface area contributed by atoms with E-state index in [2.05, 4.69) is 18.7 Å². The Morgan fingerprint density at radius 3 is 2.85 bits per heavy atom. The average Bonchev–Trinajstić information content (AvgIpc) is 2.18. The Balaban J connectivity index is 2.50. The monoisotopic (exact) mass is 188 g/mol. The van der Waals surface area contributed by atoms with E-state index < -0.39 is 0 Å². The van der Waals surface area contributed by atoms with Crippen LogP contribution in [0, 0.1) is 0 Å². The van der Waals surface area contributed by atoms with Gasteiger partial charge in [0.15, 0.2) is 0 Å². The van der Waals surface area contributed by atoms with Crippen LogP contribution in [-0.4, -0.2) is 54.5 Å². The summed E-state index contributed by atoms with van der Waals surface area (Å²) in [4.78, 5) is 2.28. The minimum Gasteiger partial charge on any atom is -0.394 e. The van der Waals surface area contributed by atoms with Crippen molar-refractivity contribution in [3.8, 4) is 0 Å². The topological polar surface area (TPSA) is 58.7 Å². The Hall–Kier alpha value is -0.160. The molecule has 0 radical (unpaired) electrons. The molecule has 13 heavy (non-hydrogen) atoms. The molecule has 3 N–H and O–H groups in total. The lowest BCUT2D eigenvalue weighted by Crippen LogP contribution is -2.56. The van der Waals surface area contributed by atoms with Gasteiger partial charge >= 0.3 is 0 Å². The standard InChI is InChI=1S/C9H20N2O2/c1-9(2,7-10)11-3-4-13-8(5-11)6-12/h8,12H,3-7,10H2,1-2H3. The molecule has 1 aliphatic rings. The molecule has 1 aliphatic heterocycles. The van der Waals surface area contributed by atoms with Crippen molar-refractivity contribution in [3.05, 3.63) is 0 Å². The zero-order valence-electron chi connectivity index (χ0n) is 8.49. The van der Waals surface area contributed by atoms with E-state index in [1.165, 1.54) is 0 Å². The van der Waals surface area contributed by atoms with E-state index in [1.807, 2.05) is 0 Å². The van der Waals surface area contributed by atoms with Gasteiger partial charge in [0, 0.05) is 25.2 Å². The van der Waals surface area contributed by atoms with Crippen LogP contribution in [0.1, 0.15) is 13.8 Å². The molecule has 4 nitrogen and oxygen atoms in total. The molecule has 0 saturated carbocycles. The normalized spacial score (nSPS) is 26.3. The molecular formula is C9H20N2O2. The van der Waals surface area contributed by atoms with Crippen LogP contribution in [0.2, 0.25) is 0 Å². The molecule has 0 aromatic rings. The molecule has 0 bridgehead atoms. The number of hydrogen-bond acceptors (Lipinski definition) is 4.